The number of Topliss-reactive ketones (excluding diaryl/α,β-unsaturated/α-hetero) is 1. The normalized spacial score (nSPS) is 18.4. The summed E-state index contributed by atoms with van der Waals surface area (Å²) in [5.74, 6) is -4.28. The van der Waals surface area contributed by atoms with Crippen molar-refractivity contribution in [3.63, 3.8) is 0 Å². The predicted octanol–water partition coefficient (Wildman–Crippen LogP) is 1.35. The zero-order valence-electron chi connectivity index (χ0n) is 15.0. The highest BCUT2D eigenvalue weighted by atomic mass is 35.5. The summed E-state index contributed by atoms with van der Waals surface area (Å²) in [4.78, 5) is 37.2. The van der Waals surface area contributed by atoms with Gasteiger partial charge in [-0.2, -0.15) is 8.42 Å². The minimum Gasteiger partial charge on any atom is -0.353 e. The van der Waals surface area contributed by atoms with E-state index in [1.807, 2.05) is 6.07 Å². The van der Waals surface area contributed by atoms with Crippen LogP contribution in [0.4, 0.5) is 0 Å². The van der Waals surface area contributed by atoms with Gasteiger partial charge in [0.1, 0.15) is 5.92 Å². The fourth-order valence-electron chi connectivity index (χ4n) is 2.81. The van der Waals surface area contributed by atoms with Gasteiger partial charge in [0.2, 0.25) is 11.7 Å². The summed E-state index contributed by atoms with van der Waals surface area (Å²) in [6.45, 7) is 1.21. The third kappa shape index (κ3) is 6.16. The highest BCUT2D eigenvalue weighted by molar-refractivity contribution is 7.85. The van der Waals surface area contributed by atoms with Crippen LogP contribution in [0.2, 0.25) is 10.0 Å². The minimum absolute atomic E-state index is 0.210. The van der Waals surface area contributed by atoms with Gasteiger partial charge in [-0.25, -0.2) is 0 Å². The third-order valence-electron chi connectivity index (χ3n) is 4.39. The van der Waals surface area contributed by atoms with Gasteiger partial charge in [0.25, 0.3) is 16.0 Å². The van der Waals surface area contributed by atoms with Gasteiger partial charge >= 0.3 is 0 Å². The van der Waals surface area contributed by atoms with Crippen molar-refractivity contribution in [3.8, 4) is 0 Å². The summed E-state index contributed by atoms with van der Waals surface area (Å²) in [5.41, 5.74) is 0.944. The topological polar surface area (TPSA) is 121 Å². The molecule has 2 atom stereocenters. The number of carbonyl (C=O) groups excluding carboxylic acids is 3. The zero-order chi connectivity index (χ0) is 21.1. The highest BCUT2D eigenvalue weighted by Gasteiger charge is 2.43. The van der Waals surface area contributed by atoms with Crippen LogP contribution < -0.4 is 5.32 Å². The Morgan fingerprint density at radius 2 is 2.00 bits per heavy atom. The number of nitrogens with zero attached hydrogens (tertiary/aromatic N) is 1. The maximum absolute atomic E-state index is 12.4. The quantitative estimate of drug-likeness (QED) is 0.350. The lowest BCUT2D eigenvalue weighted by Gasteiger charge is -2.17. The molecular formula is C17H20Cl2N2O6S. The molecule has 0 spiro atoms. The van der Waals surface area contributed by atoms with E-state index in [0.717, 1.165) is 10.5 Å². The molecule has 2 amide bonds. The Kier molecular flexibility index (Phi) is 7.44. The predicted molar refractivity (Wildman–Crippen MR) is 104 cm³/mol. The molecule has 1 aromatic carbocycles. The lowest BCUT2D eigenvalue weighted by Crippen LogP contribution is -2.40. The molecule has 11 heteroatoms. The second-order valence-electron chi connectivity index (χ2n) is 6.65. The van der Waals surface area contributed by atoms with E-state index in [4.69, 9.17) is 27.8 Å². The molecule has 1 aliphatic rings. The van der Waals surface area contributed by atoms with Crippen LogP contribution in [0.25, 0.3) is 0 Å². The molecule has 0 aromatic heterocycles. The summed E-state index contributed by atoms with van der Waals surface area (Å²) in [6.07, 6.45) is 1.20. The molecule has 0 saturated carbocycles. The molecule has 0 aliphatic carbocycles. The van der Waals surface area contributed by atoms with Gasteiger partial charge < -0.3 is 10.2 Å². The van der Waals surface area contributed by atoms with E-state index in [-0.39, 0.29) is 19.1 Å². The van der Waals surface area contributed by atoms with Crippen LogP contribution in [0, 0.1) is 5.92 Å². The molecule has 154 valence electrons. The molecular weight excluding hydrogens is 431 g/mol. The average Bonchev–Trinajstić information content (AvgIpc) is 2.88. The molecule has 8 nitrogen and oxygen atoms in total. The van der Waals surface area contributed by atoms with E-state index in [1.54, 1.807) is 19.1 Å². The number of hydrogen-bond acceptors (Lipinski definition) is 5. The minimum atomic E-state index is -4.27. The van der Waals surface area contributed by atoms with E-state index in [9.17, 15) is 22.8 Å². The van der Waals surface area contributed by atoms with E-state index in [1.165, 1.54) is 0 Å². The Morgan fingerprint density at radius 3 is 2.61 bits per heavy atom. The monoisotopic (exact) mass is 450 g/mol. The van der Waals surface area contributed by atoms with Gasteiger partial charge in [-0.3, -0.25) is 18.9 Å². The Labute approximate surface area is 172 Å². The fraction of sp³-hybridized carbons (Fsp3) is 0.471. The lowest BCUT2D eigenvalue weighted by atomic mass is 10.0. The first-order valence-corrected chi connectivity index (χ1v) is 10.9. The van der Waals surface area contributed by atoms with E-state index >= 15 is 0 Å². The molecule has 1 saturated heterocycles. The number of halogens is 2. The number of likely N-dealkylation sites (tertiary alicyclic amines) is 1. The maximum Gasteiger partial charge on any atom is 0.290 e. The zero-order valence-corrected chi connectivity index (χ0v) is 17.4. The number of hydrogen-bond donors (Lipinski definition) is 2. The van der Waals surface area contributed by atoms with Crippen LogP contribution in [0.1, 0.15) is 18.9 Å². The van der Waals surface area contributed by atoms with Crippen LogP contribution in [0.5, 0.6) is 0 Å². The standard InChI is InChI=1S/C17H20Cl2N2O6S/c1-10(2-3-11-4-5-13(18)14(19)8-11)20-16(23)12-9-21(17(24)15(12)22)6-7-28(25,26)27/h4-5,8,10,12H,2-3,6-7,9H2,1H3,(H,20,23)(H,25,26,27). The van der Waals surface area contributed by atoms with E-state index in [2.05, 4.69) is 5.32 Å². The van der Waals surface area contributed by atoms with Crippen molar-refractivity contribution in [2.24, 2.45) is 5.92 Å². The lowest BCUT2D eigenvalue weighted by molar-refractivity contribution is -0.142. The first-order valence-electron chi connectivity index (χ1n) is 8.50. The number of aryl methyl sites for hydroxylation is 1. The van der Waals surface area contributed by atoms with Crippen LogP contribution in [-0.4, -0.2) is 60.4 Å². The molecule has 1 aromatic rings. The Bertz CT molecular complexity index is 890. The highest BCUT2D eigenvalue weighted by Crippen LogP contribution is 2.23. The Hall–Kier alpha value is -1.68. The number of benzene rings is 1. The van der Waals surface area contributed by atoms with Gasteiger partial charge in [-0.1, -0.05) is 29.3 Å². The molecule has 28 heavy (non-hydrogen) atoms. The first kappa shape index (κ1) is 22.6. The summed E-state index contributed by atoms with van der Waals surface area (Å²) >= 11 is 11.8. The van der Waals surface area contributed by atoms with Gasteiger partial charge in [0, 0.05) is 19.1 Å². The Balaban J connectivity index is 1.88. The first-order chi connectivity index (χ1) is 13.0. The van der Waals surface area contributed by atoms with Crippen molar-refractivity contribution in [3.05, 3.63) is 33.8 Å². The molecule has 0 radical (unpaired) electrons. The average molecular weight is 451 g/mol. The number of nitrogens with one attached hydrogen (secondary N) is 1. The Morgan fingerprint density at radius 1 is 1.32 bits per heavy atom. The summed E-state index contributed by atoms with van der Waals surface area (Å²) in [6, 6.07) is 4.99. The molecule has 2 rings (SSSR count). The number of amides is 2. The summed E-state index contributed by atoms with van der Waals surface area (Å²) in [5, 5.41) is 3.59. The van der Waals surface area contributed by atoms with E-state index < -0.39 is 39.4 Å². The van der Waals surface area contributed by atoms with Crippen molar-refractivity contribution < 1.29 is 27.4 Å². The van der Waals surface area contributed by atoms with Crippen LogP contribution in [0.3, 0.4) is 0 Å². The van der Waals surface area contributed by atoms with Crippen LogP contribution in [0.15, 0.2) is 18.2 Å². The van der Waals surface area contributed by atoms with Gasteiger partial charge in [0.05, 0.1) is 15.8 Å². The van der Waals surface area contributed by atoms with Crippen molar-refractivity contribution >= 4 is 50.9 Å². The molecule has 1 aliphatic heterocycles. The number of carbonyl (C=O) groups is 3. The van der Waals surface area contributed by atoms with Crippen molar-refractivity contribution in [2.45, 2.75) is 25.8 Å². The maximum atomic E-state index is 12.4. The molecule has 1 heterocycles. The van der Waals surface area contributed by atoms with Crippen molar-refractivity contribution in [1.82, 2.24) is 10.2 Å². The number of ketones is 1. The molecule has 0 bridgehead atoms. The van der Waals surface area contributed by atoms with Crippen molar-refractivity contribution in [1.29, 1.82) is 0 Å². The van der Waals surface area contributed by atoms with Crippen LogP contribution in [-0.2, 0) is 30.9 Å². The second kappa shape index (κ2) is 9.21. The van der Waals surface area contributed by atoms with Gasteiger partial charge in [-0.05, 0) is 37.5 Å². The van der Waals surface area contributed by atoms with Gasteiger partial charge in [0.15, 0.2) is 0 Å². The largest absolute Gasteiger partial charge is 0.353 e. The number of rotatable bonds is 8. The third-order valence-corrected chi connectivity index (χ3v) is 5.83. The van der Waals surface area contributed by atoms with Crippen LogP contribution >= 0.6 is 23.2 Å². The molecule has 2 N–H and O–H groups in total. The summed E-state index contributed by atoms with van der Waals surface area (Å²) < 4.78 is 30.4. The SMILES string of the molecule is CC(CCc1ccc(Cl)c(Cl)c1)NC(=O)C1CN(CCS(=O)(=O)O)C(=O)C1=O. The summed E-state index contributed by atoms with van der Waals surface area (Å²) in [7, 11) is -4.27. The van der Waals surface area contributed by atoms with E-state index in [0.29, 0.717) is 22.9 Å². The van der Waals surface area contributed by atoms with Gasteiger partial charge in [-0.15, -0.1) is 0 Å². The smallest absolute Gasteiger partial charge is 0.290 e. The van der Waals surface area contributed by atoms with Crippen molar-refractivity contribution in [2.75, 3.05) is 18.8 Å². The second-order valence-corrected chi connectivity index (χ2v) is 9.04. The molecule has 2 unspecified atom stereocenters. The fourth-order valence-corrected chi connectivity index (χ4v) is 3.58. The molecule has 1 fully saturated rings.